The number of para-hydroxylation sites is 1. The molecule has 0 saturated carbocycles. The van der Waals surface area contributed by atoms with Gasteiger partial charge in [0.25, 0.3) is 11.8 Å². The van der Waals surface area contributed by atoms with E-state index in [1.54, 1.807) is 18.2 Å². The van der Waals surface area contributed by atoms with Gasteiger partial charge >= 0.3 is 0 Å². The number of rotatable bonds is 7. The van der Waals surface area contributed by atoms with E-state index in [1.165, 1.54) is 12.0 Å². The molecule has 0 N–H and O–H groups in total. The maximum atomic E-state index is 13.2. The summed E-state index contributed by atoms with van der Waals surface area (Å²) in [5.74, 6) is -0.760. The number of halogens is 2. The van der Waals surface area contributed by atoms with Gasteiger partial charge in [-0.25, -0.2) is 0 Å². The topological polar surface area (TPSA) is 49.9 Å². The third kappa shape index (κ3) is 3.78. The Morgan fingerprint density at radius 3 is 2.36 bits per heavy atom. The highest BCUT2D eigenvalue weighted by atomic mass is 35.5. The fraction of sp³-hybridized carbons (Fsp3) is 0.238. The number of likely N-dealkylation sites (N-methyl/N-ethyl adjacent to an activating group) is 1. The molecule has 0 aliphatic carbocycles. The Kier molecular flexibility index (Phi) is 6.39. The summed E-state index contributed by atoms with van der Waals surface area (Å²) in [5, 5.41) is 0.776. The van der Waals surface area contributed by atoms with Crippen molar-refractivity contribution in [1.29, 1.82) is 0 Å². The first kappa shape index (κ1) is 20.4. The first-order valence-corrected chi connectivity index (χ1v) is 9.62. The molecule has 2 aromatic rings. The monoisotopic (exact) mass is 418 g/mol. The van der Waals surface area contributed by atoms with Crippen LogP contribution in [0.2, 0.25) is 10.0 Å². The molecule has 5 nitrogen and oxygen atoms in total. The molecule has 0 spiro atoms. The van der Waals surface area contributed by atoms with Crippen LogP contribution in [0, 0.1) is 0 Å². The standard InChI is InChI=1S/C21H20Cl2N2O3/c1-3-24(15-7-5-4-6-8-15)19-18(16-10-9-14(22)13-17(16)23)20(26)25(21(19)27)11-12-28-2/h4-10,13H,3,11-12H2,1-2H3. The predicted octanol–water partition coefficient (Wildman–Crippen LogP) is 4.25. The Morgan fingerprint density at radius 1 is 1.04 bits per heavy atom. The van der Waals surface area contributed by atoms with Gasteiger partial charge < -0.3 is 9.64 Å². The summed E-state index contributed by atoms with van der Waals surface area (Å²) >= 11 is 12.4. The molecule has 3 rings (SSSR count). The zero-order valence-electron chi connectivity index (χ0n) is 15.6. The Balaban J connectivity index is 2.19. The second-order valence-corrected chi connectivity index (χ2v) is 7.03. The summed E-state index contributed by atoms with van der Waals surface area (Å²) in [7, 11) is 1.53. The van der Waals surface area contributed by atoms with E-state index < -0.39 is 5.91 Å². The highest BCUT2D eigenvalue weighted by Crippen LogP contribution is 2.37. The molecule has 0 aromatic heterocycles. The van der Waals surface area contributed by atoms with Gasteiger partial charge in [-0.1, -0.05) is 47.5 Å². The van der Waals surface area contributed by atoms with Gasteiger partial charge in [0.2, 0.25) is 0 Å². The minimum atomic E-state index is -0.393. The van der Waals surface area contributed by atoms with E-state index in [9.17, 15) is 9.59 Å². The van der Waals surface area contributed by atoms with Crippen molar-refractivity contribution in [2.45, 2.75) is 6.92 Å². The van der Waals surface area contributed by atoms with Crippen LogP contribution in [0.15, 0.2) is 54.2 Å². The van der Waals surface area contributed by atoms with Crippen LogP contribution >= 0.6 is 23.2 Å². The van der Waals surface area contributed by atoms with Gasteiger partial charge in [0.15, 0.2) is 0 Å². The van der Waals surface area contributed by atoms with Crippen LogP contribution in [0.1, 0.15) is 12.5 Å². The van der Waals surface area contributed by atoms with E-state index in [4.69, 9.17) is 27.9 Å². The largest absolute Gasteiger partial charge is 0.383 e. The van der Waals surface area contributed by atoms with Gasteiger partial charge in [-0.3, -0.25) is 14.5 Å². The van der Waals surface area contributed by atoms with Crippen LogP contribution in [0.25, 0.3) is 5.57 Å². The zero-order valence-corrected chi connectivity index (χ0v) is 17.1. The Morgan fingerprint density at radius 2 is 1.75 bits per heavy atom. The van der Waals surface area contributed by atoms with Crippen LogP contribution in [0.4, 0.5) is 5.69 Å². The summed E-state index contributed by atoms with van der Waals surface area (Å²) < 4.78 is 5.07. The number of ether oxygens (including phenoxy) is 1. The fourth-order valence-electron chi connectivity index (χ4n) is 3.21. The Bertz CT molecular complexity index is 929. The summed E-state index contributed by atoms with van der Waals surface area (Å²) in [6, 6.07) is 14.4. The van der Waals surface area contributed by atoms with Gasteiger partial charge in [0.1, 0.15) is 5.70 Å². The molecule has 0 unspecified atom stereocenters. The van der Waals surface area contributed by atoms with Crippen molar-refractivity contribution in [2.75, 3.05) is 31.7 Å². The number of nitrogens with zero attached hydrogens (tertiary/aromatic N) is 2. The normalized spacial score (nSPS) is 14.2. The maximum absolute atomic E-state index is 13.2. The molecule has 0 bridgehead atoms. The molecule has 1 aliphatic rings. The molecule has 0 fully saturated rings. The van der Waals surface area contributed by atoms with Crippen molar-refractivity contribution in [2.24, 2.45) is 0 Å². The van der Waals surface area contributed by atoms with E-state index in [2.05, 4.69) is 0 Å². The summed E-state index contributed by atoms with van der Waals surface area (Å²) in [5.41, 5.74) is 1.87. The number of methoxy groups -OCH3 is 1. The molecule has 2 amide bonds. The highest BCUT2D eigenvalue weighted by molar-refractivity contribution is 6.41. The number of hydrogen-bond acceptors (Lipinski definition) is 4. The van der Waals surface area contributed by atoms with Crippen LogP contribution in [-0.2, 0) is 14.3 Å². The lowest BCUT2D eigenvalue weighted by Crippen LogP contribution is -2.37. The lowest BCUT2D eigenvalue weighted by molar-refractivity contribution is -0.137. The predicted molar refractivity (Wildman–Crippen MR) is 111 cm³/mol. The van der Waals surface area contributed by atoms with Gasteiger partial charge in [0, 0.05) is 29.9 Å². The molecule has 0 radical (unpaired) electrons. The molecule has 1 aliphatic heterocycles. The number of anilines is 1. The molecule has 0 saturated heterocycles. The van der Waals surface area contributed by atoms with Crippen molar-refractivity contribution < 1.29 is 14.3 Å². The first-order valence-electron chi connectivity index (χ1n) is 8.87. The van der Waals surface area contributed by atoms with E-state index in [0.29, 0.717) is 27.9 Å². The highest BCUT2D eigenvalue weighted by Gasteiger charge is 2.42. The van der Waals surface area contributed by atoms with Crippen molar-refractivity contribution in [1.82, 2.24) is 4.90 Å². The summed E-state index contributed by atoms with van der Waals surface area (Å²) in [4.78, 5) is 29.5. The van der Waals surface area contributed by atoms with Gasteiger partial charge in [-0.15, -0.1) is 0 Å². The molecule has 146 valence electrons. The quantitative estimate of drug-likeness (QED) is 0.630. The number of benzene rings is 2. The van der Waals surface area contributed by atoms with E-state index in [0.717, 1.165) is 5.69 Å². The van der Waals surface area contributed by atoms with Gasteiger partial charge in [0.05, 0.1) is 23.7 Å². The molecule has 1 heterocycles. The maximum Gasteiger partial charge on any atom is 0.278 e. The molecule has 28 heavy (non-hydrogen) atoms. The average molecular weight is 419 g/mol. The smallest absolute Gasteiger partial charge is 0.278 e. The average Bonchev–Trinajstić information content (AvgIpc) is 2.92. The second-order valence-electron chi connectivity index (χ2n) is 6.18. The van der Waals surface area contributed by atoms with E-state index in [1.807, 2.05) is 42.2 Å². The minimum absolute atomic E-state index is 0.165. The van der Waals surface area contributed by atoms with Crippen LogP contribution in [0.5, 0.6) is 0 Å². The second kappa shape index (κ2) is 8.78. The molecule has 0 atom stereocenters. The van der Waals surface area contributed by atoms with Crippen LogP contribution in [0.3, 0.4) is 0 Å². The van der Waals surface area contributed by atoms with Crippen molar-refractivity contribution >= 4 is 46.3 Å². The van der Waals surface area contributed by atoms with Gasteiger partial charge in [-0.2, -0.15) is 0 Å². The Hall–Kier alpha value is -2.34. The van der Waals surface area contributed by atoms with E-state index >= 15 is 0 Å². The minimum Gasteiger partial charge on any atom is -0.383 e. The number of carbonyl (C=O) groups is 2. The number of amides is 2. The lowest BCUT2D eigenvalue weighted by Gasteiger charge is -2.25. The number of carbonyl (C=O) groups excluding carboxylic acids is 2. The summed E-state index contributed by atoms with van der Waals surface area (Å²) in [6.07, 6.45) is 0. The third-order valence-corrected chi connectivity index (χ3v) is 5.06. The summed E-state index contributed by atoms with van der Waals surface area (Å²) in [6.45, 7) is 2.85. The van der Waals surface area contributed by atoms with Crippen LogP contribution < -0.4 is 4.90 Å². The number of hydrogen-bond donors (Lipinski definition) is 0. The third-order valence-electron chi connectivity index (χ3n) is 4.52. The first-order chi connectivity index (χ1) is 13.5. The van der Waals surface area contributed by atoms with Crippen molar-refractivity contribution in [3.8, 4) is 0 Å². The van der Waals surface area contributed by atoms with Crippen molar-refractivity contribution in [3.05, 3.63) is 69.8 Å². The molecule has 2 aromatic carbocycles. The SMILES string of the molecule is CCN(C1=C(c2ccc(Cl)cc2Cl)C(=O)N(CCOC)C1=O)c1ccccc1. The lowest BCUT2D eigenvalue weighted by atomic mass is 10.0. The van der Waals surface area contributed by atoms with E-state index in [-0.39, 0.29) is 24.6 Å². The van der Waals surface area contributed by atoms with Crippen molar-refractivity contribution in [3.63, 3.8) is 0 Å². The zero-order chi connectivity index (χ0) is 20.3. The number of imide groups is 1. The molecular weight excluding hydrogens is 399 g/mol. The van der Waals surface area contributed by atoms with Gasteiger partial charge in [-0.05, 0) is 31.2 Å². The fourth-order valence-corrected chi connectivity index (χ4v) is 3.72. The molecule has 7 heteroatoms. The Labute approximate surface area is 174 Å². The molecular formula is C21H20Cl2N2O3. The van der Waals surface area contributed by atoms with Crippen LogP contribution in [-0.4, -0.2) is 43.5 Å².